The molecule has 66 valence electrons. The molecule has 2 N–H and O–H groups in total. The molecule has 0 aliphatic carbocycles. The lowest BCUT2D eigenvalue weighted by Crippen LogP contribution is -2.31. The predicted octanol–water partition coefficient (Wildman–Crippen LogP) is 2.58. The molecule has 1 rings (SSSR count). The highest BCUT2D eigenvalue weighted by molar-refractivity contribution is 5.27. The Balaban J connectivity index is 3.03. The second-order valence-corrected chi connectivity index (χ2v) is 3.64. The van der Waals surface area contributed by atoms with Crippen LogP contribution in [-0.2, 0) is 5.54 Å². The minimum absolute atomic E-state index is 0.175. The first-order chi connectivity index (χ1) is 5.56. The smallest absolute Gasteiger partial charge is 0.0378 e. The van der Waals surface area contributed by atoms with E-state index in [4.69, 9.17) is 5.73 Å². The van der Waals surface area contributed by atoms with Crippen molar-refractivity contribution in [1.29, 1.82) is 0 Å². The molecule has 1 atom stereocenters. The fourth-order valence-electron chi connectivity index (χ4n) is 1.20. The van der Waals surface area contributed by atoms with Crippen LogP contribution in [0.3, 0.4) is 0 Å². The van der Waals surface area contributed by atoms with Gasteiger partial charge in [0.05, 0.1) is 0 Å². The quantitative estimate of drug-likeness (QED) is 0.712. The van der Waals surface area contributed by atoms with Crippen molar-refractivity contribution in [2.24, 2.45) is 5.73 Å². The van der Waals surface area contributed by atoms with E-state index in [-0.39, 0.29) is 5.54 Å². The molecule has 0 bridgehead atoms. The van der Waals surface area contributed by atoms with Crippen LogP contribution in [0.5, 0.6) is 0 Å². The Bertz CT molecular complexity index is 263. The molecular formula is C11H17N. The first kappa shape index (κ1) is 9.27. The highest BCUT2D eigenvalue weighted by Gasteiger charge is 2.17. The Hall–Kier alpha value is -0.820. The largest absolute Gasteiger partial charge is 0.322 e. The molecule has 1 heteroatoms. The molecule has 12 heavy (non-hydrogen) atoms. The van der Waals surface area contributed by atoms with Crippen LogP contribution in [0.4, 0.5) is 0 Å². The second kappa shape index (κ2) is 3.28. The number of benzene rings is 1. The van der Waals surface area contributed by atoms with Gasteiger partial charge in [-0.3, -0.25) is 0 Å². The second-order valence-electron chi connectivity index (χ2n) is 3.64. The molecule has 0 aromatic heterocycles. The van der Waals surface area contributed by atoms with Crippen molar-refractivity contribution < 1.29 is 0 Å². The fourth-order valence-corrected chi connectivity index (χ4v) is 1.20. The van der Waals surface area contributed by atoms with Gasteiger partial charge < -0.3 is 5.73 Å². The number of hydrogen-bond donors (Lipinski definition) is 1. The molecule has 1 aromatic carbocycles. The Morgan fingerprint density at radius 3 is 2.58 bits per heavy atom. The maximum absolute atomic E-state index is 6.11. The lowest BCUT2D eigenvalue weighted by Gasteiger charge is -2.23. The van der Waals surface area contributed by atoms with E-state index in [0.29, 0.717) is 0 Å². The van der Waals surface area contributed by atoms with Crippen LogP contribution >= 0.6 is 0 Å². The van der Waals surface area contributed by atoms with Crippen LogP contribution in [0.1, 0.15) is 31.4 Å². The normalized spacial score (nSPS) is 15.7. The van der Waals surface area contributed by atoms with E-state index in [1.165, 1.54) is 11.1 Å². The molecule has 0 heterocycles. The van der Waals surface area contributed by atoms with Crippen molar-refractivity contribution in [3.05, 3.63) is 35.4 Å². The van der Waals surface area contributed by atoms with Gasteiger partial charge in [-0.05, 0) is 25.8 Å². The Morgan fingerprint density at radius 2 is 2.08 bits per heavy atom. The lowest BCUT2D eigenvalue weighted by molar-refractivity contribution is 0.476. The van der Waals surface area contributed by atoms with Gasteiger partial charge in [-0.2, -0.15) is 0 Å². The topological polar surface area (TPSA) is 26.0 Å². The van der Waals surface area contributed by atoms with Gasteiger partial charge in [-0.1, -0.05) is 36.8 Å². The summed E-state index contributed by atoms with van der Waals surface area (Å²) in [5.41, 5.74) is 8.43. The molecule has 1 aromatic rings. The van der Waals surface area contributed by atoms with Crippen molar-refractivity contribution in [3.63, 3.8) is 0 Å². The van der Waals surface area contributed by atoms with Gasteiger partial charge in [-0.15, -0.1) is 0 Å². The summed E-state index contributed by atoms with van der Waals surface area (Å²) in [7, 11) is 0. The maximum atomic E-state index is 6.11. The van der Waals surface area contributed by atoms with Crippen molar-refractivity contribution in [2.75, 3.05) is 0 Å². The molecule has 0 radical (unpaired) electrons. The monoisotopic (exact) mass is 163 g/mol. The summed E-state index contributed by atoms with van der Waals surface area (Å²) in [6, 6.07) is 8.40. The van der Waals surface area contributed by atoms with Gasteiger partial charge in [0.15, 0.2) is 0 Å². The van der Waals surface area contributed by atoms with Crippen LogP contribution in [-0.4, -0.2) is 0 Å². The number of nitrogens with two attached hydrogens (primary N) is 1. The molecule has 0 fully saturated rings. The van der Waals surface area contributed by atoms with Crippen molar-refractivity contribution >= 4 is 0 Å². The van der Waals surface area contributed by atoms with Crippen LogP contribution in [0.2, 0.25) is 0 Å². The van der Waals surface area contributed by atoms with E-state index >= 15 is 0 Å². The molecule has 0 amide bonds. The fraction of sp³-hybridized carbons (Fsp3) is 0.455. The predicted molar refractivity (Wildman–Crippen MR) is 53.0 cm³/mol. The minimum atomic E-state index is -0.175. The van der Waals surface area contributed by atoms with Crippen LogP contribution in [0.25, 0.3) is 0 Å². The summed E-state index contributed by atoms with van der Waals surface area (Å²) in [6.07, 6.45) is 0.969. The SMILES string of the molecule is CCC(C)(N)c1cccc(C)c1. The average molecular weight is 163 g/mol. The molecular weight excluding hydrogens is 146 g/mol. The standard InChI is InChI=1S/C11H17N/c1-4-11(3,12)10-7-5-6-9(2)8-10/h5-8H,4,12H2,1-3H3. The third-order valence-electron chi connectivity index (χ3n) is 2.41. The van der Waals surface area contributed by atoms with Gasteiger partial charge in [0.1, 0.15) is 0 Å². The summed E-state index contributed by atoms with van der Waals surface area (Å²) < 4.78 is 0. The summed E-state index contributed by atoms with van der Waals surface area (Å²) in [4.78, 5) is 0. The molecule has 0 aliphatic rings. The first-order valence-corrected chi connectivity index (χ1v) is 4.42. The van der Waals surface area contributed by atoms with E-state index in [1.807, 2.05) is 0 Å². The molecule has 0 aliphatic heterocycles. The van der Waals surface area contributed by atoms with Crippen molar-refractivity contribution in [3.8, 4) is 0 Å². The summed E-state index contributed by atoms with van der Waals surface area (Å²) >= 11 is 0. The van der Waals surface area contributed by atoms with Gasteiger partial charge in [0.2, 0.25) is 0 Å². The maximum Gasteiger partial charge on any atom is 0.0378 e. The first-order valence-electron chi connectivity index (χ1n) is 4.42. The molecule has 1 nitrogen and oxygen atoms in total. The molecule has 1 unspecified atom stereocenters. The Labute approximate surface area is 74.6 Å². The van der Waals surface area contributed by atoms with Gasteiger partial charge in [0.25, 0.3) is 0 Å². The van der Waals surface area contributed by atoms with Crippen LogP contribution < -0.4 is 5.73 Å². The summed E-state index contributed by atoms with van der Waals surface area (Å²) in [5, 5.41) is 0. The average Bonchev–Trinajstić information content (AvgIpc) is 2.05. The minimum Gasteiger partial charge on any atom is -0.322 e. The van der Waals surface area contributed by atoms with Crippen molar-refractivity contribution in [2.45, 2.75) is 32.7 Å². The van der Waals surface area contributed by atoms with Crippen LogP contribution in [0, 0.1) is 6.92 Å². The Kier molecular flexibility index (Phi) is 2.53. The zero-order valence-electron chi connectivity index (χ0n) is 8.09. The number of aryl methyl sites for hydroxylation is 1. The highest BCUT2D eigenvalue weighted by atomic mass is 14.7. The zero-order chi connectivity index (χ0) is 9.19. The van der Waals surface area contributed by atoms with E-state index in [2.05, 4.69) is 45.0 Å². The molecule has 0 saturated carbocycles. The number of rotatable bonds is 2. The van der Waals surface area contributed by atoms with Gasteiger partial charge in [-0.25, -0.2) is 0 Å². The summed E-state index contributed by atoms with van der Waals surface area (Å²) in [6.45, 7) is 6.28. The van der Waals surface area contributed by atoms with E-state index in [0.717, 1.165) is 6.42 Å². The van der Waals surface area contributed by atoms with E-state index in [9.17, 15) is 0 Å². The number of hydrogen-bond acceptors (Lipinski definition) is 1. The van der Waals surface area contributed by atoms with Gasteiger partial charge >= 0.3 is 0 Å². The zero-order valence-corrected chi connectivity index (χ0v) is 8.09. The lowest BCUT2D eigenvalue weighted by atomic mass is 9.90. The van der Waals surface area contributed by atoms with Crippen molar-refractivity contribution in [1.82, 2.24) is 0 Å². The van der Waals surface area contributed by atoms with E-state index in [1.54, 1.807) is 0 Å². The van der Waals surface area contributed by atoms with Crippen LogP contribution in [0.15, 0.2) is 24.3 Å². The third-order valence-corrected chi connectivity index (χ3v) is 2.41. The highest BCUT2D eigenvalue weighted by Crippen LogP contribution is 2.21. The molecule has 0 spiro atoms. The Morgan fingerprint density at radius 1 is 1.42 bits per heavy atom. The van der Waals surface area contributed by atoms with E-state index < -0.39 is 0 Å². The summed E-state index contributed by atoms with van der Waals surface area (Å²) in [5.74, 6) is 0. The van der Waals surface area contributed by atoms with Gasteiger partial charge in [0, 0.05) is 5.54 Å². The third kappa shape index (κ3) is 1.86. The molecule has 0 saturated heterocycles.